The van der Waals surface area contributed by atoms with Gasteiger partial charge in [-0.15, -0.1) is 0 Å². The molecule has 6 nitrogen and oxygen atoms in total. The Kier molecular flexibility index (Phi) is 3.70. The van der Waals surface area contributed by atoms with Crippen LogP contribution in [0.15, 0.2) is 30.5 Å². The Labute approximate surface area is 122 Å². The van der Waals surface area contributed by atoms with Gasteiger partial charge in [0.2, 0.25) is 0 Å². The molecule has 1 fully saturated rings. The zero-order valence-corrected chi connectivity index (χ0v) is 11.5. The van der Waals surface area contributed by atoms with Gasteiger partial charge in [0.25, 0.3) is 5.69 Å². The van der Waals surface area contributed by atoms with E-state index in [9.17, 15) is 15.2 Å². The van der Waals surface area contributed by atoms with Gasteiger partial charge in [-0.2, -0.15) is 0 Å². The van der Waals surface area contributed by atoms with Crippen molar-refractivity contribution in [1.82, 2.24) is 4.98 Å². The van der Waals surface area contributed by atoms with E-state index in [2.05, 4.69) is 10.3 Å². The number of nitrogens with zero attached hydrogens (tertiary/aromatic N) is 2. The van der Waals surface area contributed by atoms with Gasteiger partial charge in [-0.25, -0.2) is 0 Å². The Morgan fingerprint density at radius 3 is 2.86 bits per heavy atom. The summed E-state index contributed by atoms with van der Waals surface area (Å²) in [6, 6.07) is 6.53. The summed E-state index contributed by atoms with van der Waals surface area (Å²) in [6.45, 7) is 0. The van der Waals surface area contributed by atoms with Crippen molar-refractivity contribution in [3.8, 4) is 0 Å². The Morgan fingerprint density at radius 2 is 2.10 bits per heavy atom. The molecule has 3 rings (SSSR count). The fourth-order valence-electron chi connectivity index (χ4n) is 2.91. The summed E-state index contributed by atoms with van der Waals surface area (Å²) in [4.78, 5) is 15.0. The minimum absolute atomic E-state index is 0.0228. The third kappa shape index (κ3) is 2.67. The van der Waals surface area contributed by atoms with E-state index in [0.29, 0.717) is 10.9 Å². The Hall–Kier alpha value is -2.21. The monoisotopic (exact) mass is 287 g/mol. The van der Waals surface area contributed by atoms with Gasteiger partial charge in [0.05, 0.1) is 28.1 Å². The van der Waals surface area contributed by atoms with E-state index in [-0.39, 0.29) is 17.8 Å². The smallest absolute Gasteiger partial charge is 0.278 e. The van der Waals surface area contributed by atoms with E-state index < -0.39 is 4.92 Å². The molecule has 1 heterocycles. The molecule has 0 saturated heterocycles. The molecule has 1 aromatic carbocycles. The fraction of sp³-hybridized carbons (Fsp3) is 0.400. The maximum atomic E-state index is 11.1. The van der Waals surface area contributed by atoms with Crippen LogP contribution in [0.2, 0.25) is 0 Å². The number of aliphatic hydroxyl groups excluding tert-OH is 1. The van der Waals surface area contributed by atoms with Crippen LogP contribution in [-0.4, -0.2) is 27.2 Å². The molecular formula is C15H17N3O3. The quantitative estimate of drug-likeness (QED) is 0.669. The summed E-state index contributed by atoms with van der Waals surface area (Å²) in [5, 5.41) is 25.0. The summed E-state index contributed by atoms with van der Waals surface area (Å²) in [5.41, 5.74) is 1.36. The minimum Gasteiger partial charge on any atom is -0.391 e. The lowest BCUT2D eigenvalue weighted by Gasteiger charge is -2.29. The molecule has 2 unspecified atom stereocenters. The highest BCUT2D eigenvalue weighted by Gasteiger charge is 2.24. The third-order valence-corrected chi connectivity index (χ3v) is 4.01. The highest BCUT2D eigenvalue weighted by Crippen LogP contribution is 2.31. The van der Waals surface area contributed by atoms with Gasteiger partial charge in [0.15, 0.2) is 0 Å². The number of benzene rings is 1. The molecule has 2 N–H and O–H groups in total. The van der Waals surface area contributed by atoms with Crippen LogP contribution in [0, 0.1) is 10.1 Å². The first-order chi connectivity index (χ1) is 10.2. The maximum Gasteiger partial charge on any atom is 0.278 e. The molecule has 110 valence electrons. The van der Waals surface area contributed by atoms with Crippen LogP contribution < -0.4 is 5.32 Å². The summed E-state index contributed by atoms with van der Waals surface area (Å²) in [7, 11) is 0. The number of pyridine rings is 1. The van der Waals surface area contributed by atoms with Crippen LogP contribution in [0.4, 0.5) is 11.4 Å². The van der Waals surface area contributed by atoms with Crippen LogP contribution in [0.3, 0.4) is 0 Å². The normalized spacial score (nSPS) is 22.1. The van der Waals surface area contributed by atoms with Gasteiger partial charge in [-0.05, 0) is 31.0 Å². The van der Waals surface area contributed by atoms with Gasteiger partial charge < -0.3 is 10.4 Å². The SMILES string of the molecule is O=[N+]([O-])c1ccc(NC2CCCCC2O)c2ncccc12. The second-order valence-corrected chi connectivity index (χ2v) is 5.39. The molecule has 1 aliphatic carbocycles. The highest BCUT2D eigenvalue weighted by molar-refractivity contribution is 5.96. The zero-order valence-electron chi connectivity index (χ0n) is 11.5. The van der Waals surface area contributed by atoms with Crippen molar-refractivity contribution in [1.29, 1.82) is 0 Å². The van der Waals surface area contributed by atoms with E-state index in [0.717, 1.165) is 31.4 Å². The molecule has 2 aromatic rings. The number of aromatic nitrogens is 1. The second kappa shape index (κ2) is 5.65. The molecule has 0 radical (unpaired) electrons. The number of aliphatic hydroxyl groups is 1. The summed E-state index contributed by atoms with van der Waals surface area (Å²) >= 11 is 0. The van der Waals surface area contributed by atoms with Gasteiger partial charge in [-0.3, -0.25) is 15.1 Å². The highest BCUT2D eigenvalue weighted by atomic mass is 16.6. The van der Waals surface area contributed by atoms with Gasteiger partial charge in [0.1, 0.15) is 5.52 Å². The number of nitrogens with one attached hydrogen (secondary N) is 1. The number of non-ortho nitro benzene ring substituents is 1. The number of hydrogen-bond donors (Lipinski definition) is 2. The molecule has 1 saturated carbocycles. The Morgan fingerprint density at radius 1 is 1.29 bits per heavy atom. The molecule has 0 aliphatic heterocycles. The van der Waals surface area contributed by atoms with Crippen molar-refractivity contribution in [3.63, 3.8) is 0 Å². The average molecular weight is 287 g/mol. The Bertz CT molecular complexity index is 674. The number of fused-ring (bicyclic) bond motifs is 1. The first-order valence-corrected chi connectivity index (χ1v) is 7.13. The lowest BCUT2D eigenvalue weighted by molar-refractivity contribution is -0.383. The van der Waals surface area contributed by atoms with Gasteiger partial charge >= 0.3 is 0 Å². The number of rotatable bonds is 3. The van der Waals surface area contributed by atoms with Gasteiger partial charge in [0, 0.05) is 12.3 Å². The van der Waals surface area contributed by atoms with E-state index >= 15 is 0 Å². The van der Waals surface area contributed by atoms with Crippen LogP contribution in [0.1, 0.15) is 25.7 Å². The average Bonchev–Trinajstić information content (AvgIpc) is 2.49. The summed E-state index contributed by atoms with van der Waals surface area (Å²) in [6.07, 6.45) is 5.04. The molecular weight excluding hydrogens is 270 g/mol. The first-order valence-electron chi connectivity index (χ1n) is 7.13. The lowest BCUT2D eigenvalue weighted by atomic mass is 9.92. The van der Waals surface area contributed by atoms with Crippen molar-refractivity contribution in [2.75, 3.05) is 5.32 Å². The van der Waals surface area contributed by atoms with Gasteiger partial charge in [-0.1, -0.05) is 12.8 Å². The molecule has 2 atom stereocenters. The molecule has 0 amide bonds. The molecule has 0 bridgehead atoms. The van der Waals surface area contributed by atoms with Crippen LogP contribution in [0.25, 0.3) is 10.9 Å². The zero-order chi connectivity index (χ0) is 14.8. The van der Waals surface area contributed by atoms with Crippen molar-refractivity contribution >= 4 is 22.3 Å². The van der Waals surface area contributed by atoms with Crippen LogP contribution in [0.5, 0.6) is 0 Å². The lowest BCUT2D eigenvalue weighted by Crippen LogP contribution is -2.36. The number of nitro groups is 1. The van der Waals surface area contributed by atoms with Crippen molar-refractivity contribution < 1.29 is 10.0 Å². The summed E-state index contributed by atoms with van der Waals surface area (Å²) < 4.78 is 0. The maximum absolute atomic E-state index is 11.1. The van der Waals surface area contributed by atoms with E-state index in [4.69, 9.17) is 0 Å². The number of anilines is 1. The van der Waals surface area contributed by atoms with Crippen molar-refractivity contribution in [2.24, 2.45) is 0 Å². The Balaban J connectivity index is 1.99. The van der Waals surface area contributed by atoms with E-state index in [1.165, 1.54) is 6.07 Å². The summed E-state index contributed by atoms with van der Waals surface area (Å²) in [5.74, 6) is 0. The second-order valence-electron chi connectivity index (χ2n) is 5.39. The van der Waals surface area contributed by atoms with Crippen LogP contribution >= 0.6 is 0 Å². The van der Waals surface area contributed by atoms with Crippen molar-refractivity contribution in [3.05, 3.63) is 40.6 Å². The molecule has 6 heteroatoms. The fourth-order valence-corrected chi connectivity index (χ4v) is 2.91. The third-order valence-electron chi connectivity index (χ3n) is 4.01. The number of nitro benzene ring substituents is 1. The van der Waals surface area contributed by atoms with E-state index in [1.807, 2.05) is 0 Å². The largest absolute Gasteiger partial charge is 0.391 e. The van der Waals surface area contributed by atoms with Crippen LogP contribution in [-0.2, 0) is 0 Å². The topological polar surface area (TPSA) is 88.3 Å². The van der Waals surface area contributed by atoms with E-state index in [1.54, 1.807) is 24.4 Å². The van der Waals surface area contributed by atoms with Crippen molar-refractivity contribution in [2.45, 2.75) is 37.8 Å². The first kappa shape index (κ1) is 13.8. The number of hydrogen-bond acceptors (Lipinski definition) is 5. The molecule has 1 aliphatic rings. The molecule has 0 spiro atoms. The minimum atomic E-state index is -0.400. The standard InChI is InChI=1S/C15H17N3O3/c19-14-6-2-1-5-11(14)17-12-7-8-13(18(20)21)10-4-3-9-16-15(10)12/h3-4,7-9,11,14,17,19H,1-2,5-6H2. The predicted octanol–water partition coefficient (Wildman–Crippen LogP) is 2.86. The predicted molar refractivity (Wildman–Crippen MR) is 80.3 cm³/mol. The molecule has 1 aromatic heterocycles. The molecule has 21 heavy (non-hydrogen) atoms.